The molecule has 2 aromatic heterocycles. The summed E-state index contributed by atoms with van der Waals surface area (Å²) >= 11 is 0. The van der Waals surface area contributed by atoms with Gasteiger partial charge in [0.25, 0.3) is 0 Å². The van der Waals surface area contributed by atoms with Crippen LogP contribution in [-0.2, 0) is 13.0 Å². The number of hydrogen-bond acceptors (Lipinski definition) is 4. The summed E-state index contributed by atoms with van der Waals surface area (Å²) < 4.78 is 0. The summed E-state index contributed by atoms with van der Waals surface area (Å²) in [6.45, 7) is 9.03. The lowest BCUT2D eigenvalue weighted by atomic mass is 10.0. The molecule has 0 spiro atoms. The summed E-state index contributed by atoms with van der Waals surface area (Å²) in [7, 11) is 0. The number of nitrogens with zero attached hydrogens (tertiary/aromatic N) is 2. The van der Waals surface area contributed by atoms with Gasteiger partial charge < -0.3 is 16.0 Å². The Morgan fingerprint density at radius 3 is 2.70 bits per heavy atom. The number of benzene rings is 1. The molecule has 0 saturated heterocycles. The van der Waals surface area contributed by atoms with Gasteiger partial charge in [-0.25, -0.2) is 4.98 Å². The van der Waals surface area contributed by atoms with E-state index >= 15 is 0 Å². The maximum absolute atomic E-state index is 5.85. The normalized spacial score (nSPS) is 11.1. The molecular weight excluding hydrogens is 286 g/mol. The van der Waals surface area contributed by atoms with E-state index in [0.717, 1.165) is 12.0 Å². The van der Waals surface area contributed by atoms with Crippen molar-refractivity contribution in [3.8, 4) is 0 Å². The number of aromatic nitrogens is 3. The number of rotatable bonds is 4. The molecular formula is C18H23N5. The first-order chi connectivity index (χ1) is 11.0. The number of nitrogens with one attached hydrogen (secondary N) is 2. The molecule has 0 aliphatic carbocycles. The van der Waals surface area contributed by atoms with Gasteiger partial charge in [-0.3, -0.25) is 0 Å². The van der Waals surface area contributed by atoms with E-state index in [4.69, 9.17) is 5.73 Å². The lowest BCUT2D eigenvalue weighted by molar-refractivity contribution is 1.03. The fraction of sp³-hybridized carbons (Fsp3) is 0.333. The van der Waals surface area contributed by atoms with Crippen molar-refractivity contribution in [2.45, 2.75) is 40.7 Å². The van der Waals surface area contributed by atoms with Gasteiger partial charge in [0.2, 0.25) is 5.95 Å². The SMILES string of the molecule is CCc1[nH]c2c(CNc3ncc(C)c(N)n3)cc(C)cc2c1C. The van der Waals surface area contributed by atoms with E-state index in [2.05, 4.69) is 53.2 Å². The van der Waals surface area contributed by atoms with Crippen LogP contribution in [0.2, 0.25) is 0 Å². The van der Waals surface area contributed by atoms with Gasteiger partial charge in [-0.05, 0) is 44.4 Å². The van der Waals surface area contributed by atoms with E-state index in [9.17, 15) is 0 Å². The van der Waals surface area contributed by atoms with Gasteiger partial charge in [0.15, 0.2) is 0 Å². The number of aromatic amines is 1. The van der Waals surface area contributed by atoms with Crippen LogP contribution in [0, 0.1) is 20.8 Å². The van der Waals surface area contributed by atoms with Crippen molar-refractivity contribution in [2.24, 2.45) is 0 Å². The van der Waals surface area contributed by atoms with Crippen molar-refractivity contribution in [1.82, 2.24) is 15.0 Å². The van der Waals surface area contributed by atoms with E-state index in [1.165, 1.54) is 33.3 Å². The third-order valence-electron chi connectivity index (χ3n) is 4.30. The Hall–Kier alpha value is -2.56. The highest BCUT2D eigenvalue weighted by molar-refractivity contribution is 5.88. The summed E-state index contributed by atoms with van der Waals surface area (Å²) in [5.41, 5.74) is 13.0. The molecule has 3 rings (SSSR count). The smallest absolute Gasteiger partial charge is 0.224 e. The largest absolute Gasteiger partial charge is 0.383 e. The highest BCUT2D eigenvalue weighted by atomic mass is 15.1. The van der Waals surface area contributed by atoms with Crippen molar-refractivity contribution >= 4 is 22.7 Å². The minimum atomic E-state index is 0.515. The average molecular weight is 309 g/mol. The molecule has 3 aromatic rings. The molecule has 0 fully saturated rings. The summed E-state index contributed by atoms with van der Waals surface area (Å²) in [6, 6.07) is 4.44. The second-order valence-corrected chi connectivity index (χ2v) is 6.04. The van der Waals surface area contributed by atoms with Crippen molar-refractivity contribution in [3.05, 3.63) is 46.3 Å². The fourth-order valence-corrected chi connectivity index (χ4v) is 2.92. The minimum absolute atomic E-state index is 0.515. The van der Waals surface area contributed by atoms with Crippen LogP contribution in [0.5, 0.6) is 0 Å². The first-order valence-corrected chi connectivity index (χ1v) is 7.93. The fourth-order valence-electron chi connectivity index (χ4n) is 2.92. The van der Waals surface area contributed by atoms with Crippen molar-refractivity contribution in [2.75, 3.05) is 11.1 Å². The zero-order valence-corrected chi connectivity index (χ0v) is 14.1. The van der Waals surface area contributed by atoms with Gasteiger partial charge in [0.1, 0.15) is 5.82 Å². The van der Waals surface area contributed by atoms with Gasteiger partial charge in [-0.2, -0.15) is 4.98 Å². The van der Waals surface area contributed by atoms with Gasteiger partial charge in [0, 0.05) is 29.4 Å². The number of fused-ring (bicyclic) bond motifs is 1. The van der Waals surface area contributed by atoms with Crippen LogP contribution in [0.4, 0.5) is 11.8 Å². The quantitative estimate of drug-likeness (QED) is 0.687. The summed E-state index contributed by atoms with van der Waals surface area (Å²) in [6.07, 6.45) is 2.74. The second-order valence-electron chi connectivity index (χ2n) is 6.04. The van der Waals surface area contributed by atoms with Gasteiger partial charge in [-0.1, -0.05) is 18.6 Å². The van der Waals surface area contributed by atoms with Crippen LogP contribution in [-0.4, -0.2) is 15.0 Å². The second kappa shape index (κ2) is 5.91. The first kappa shape index (κ1) is 15.3. The molecule has 0 radical (unpaired) electrons. The number of nitrogen functional groups attached to an aromatic ring is 1. The molecule has 1 aromatic carbocycles. The number of aryl methyl sites for hydroxylation is 4. The molecule has 0 bridgehead atoms. The third-order valence-corrected chi connectivity index (χ3v) is 4.30. The van der Waals surface area contributed by atoms with Crippen LogP contribution < -0.4 is 11.1 Å². The van der Waals surface area contributed by atoms with Crippen LogP contribution in [0.25, 0.3) is 10.9 Å². The van der Waals surface area contributed by atoms with E-state index in [1.54, 1.807) is 6.20 Å². The highest BCUT2D eigenvalue weighted by Crippen LogP contribution is 2.27. The van der Waals surface area contributed by atoms with Crippen LogP contribution >= 0.6 is 0 Å². The molecule has 4 N–H and O–H groups in total. The zero-order valence-electron chi connectivity index (χ0n) is 14.1. The molecule has 120 valence electrons. The molecule has 23 heavy (non-hydrogen) atoms. The Kier molecular flexibility index (Phi) is 3.94. The Morgan fingerprint density at radius 1 is 1.22 bits per heavy atom. The van der Waals surface area contributed by atoms with E-state index < -0.39 is 0 Å². The Labute approximate surface area is 136 Å². The molecule has 0 amide bonds. The number of hydrogen-bond donors (Lipinski definition) is 3. The zero-order chi connectivity index (χ0) is 16.6. The van der Waals surface area contributed by atoms with Crippen LogP contribution in [0.3, 0.4) is 0 Å². The molecule has 5 nitrogen and oxygen atoms in total. The number of nitrogens with two attached hydrogens (primary N) is 1. The van der Waals surface area contributed by atoms with Crippen LogP contribution in [0.1, 0.15) is 34.9 Å². The molecule has 5 heteroatoms. The molecule has 0 saturated carbocycles. The predicted octanol–water partition coefficient (Wildman–Crippen LogP) is 3.64. The van der Waals surface area contributed by atoms with E-state index in [1.807, 2.05) is 6.92 Å². The number of anilines is 2. The first-order valence-electron chi connectivity index (χ1n) is 7.93. The summed E-state index contributed by atoms with van der Waals surface area (Å²) in [5.74, 6) is 1.07. The van der Waals surface area contributed by atoms with Crippen LogP contribution in [0.15, 0.2) is 18.3 Å². The Bertz CT molecular complexity index is 863. The number of H-pyrrole nitrogens is 1. The van der Waals surface area contributed by atoms with E-state index in [0.29, 0.717) is 18.3 Å². The van der Waals surface area contributed by atoms with Gasteiger partial charge in [-0.15, -0.1) is 0 Å². The van der Waals surface area contributed by atoms with E-state index in [-0.39, 0.29) is 0 Å². The monoisotopic (exact) mass is 309 g/mol. The maximum atomic E-state index is 5.85. The lowest BCUT2D eigenvalue weighted by Crippen LogP contribution is -2.06. The van der Waals surface area contributed by atoms with Crippen molar-refractivity contribution in [1.29, 1.82) is 0 Å². The lowest BCUT2D eigenvalue weighted by Gasteiger charge is -2.09. The molecule has 0 atom stereocenters. The van der Waals surface area contributed by atoms with Gasteiger partial charge in [0.05, 0.1) is 5.52 Å². The molecule has 0 unspecified atom stereocenters. The molecule has 0 aliphatic rings. The predicted molar refractivity (Wildman–Crippen MR) is 95.7 cm³/mol. The summed E-state index contributed by atoms with van der Waals surface area (Å²) in [4.78, 5) is 12.1. The van der Waals surface area contributed by atoms with Crippen molar-refractivity contribution in [3.63, 3.8) is 0 Å². The third kappa shape index (κ3) is 2.86. The molecule has 0 aliphatic heterocycles. The topological polar surface area (TPSA) is 79.6 Å². The Balaban J connectivity index is 1.94. The molecule has 2 heterocycles. The Morgan fingerprint density at radius 2 is 2.00 bits per heavy atom. The van der Waals surface area contributed by atoms with Gasteiger partial charge >= 0.3 is 0 Å². The average Bonchev–Trinajstić information content (AvgIpc) is 2.85. The van der Waals surface area contributed by atoms with Crippen molar-refractivity contribution < 1.29 is 0 Å². The standard InChI is InChI=1S/C18H23N5/c1-5-15-12(4)14-7-10(2)6-13(16(14)22-15)9-21-18-20-8-11(3)17(19)23-18/h6-8,22H,5,9H2,1-4H3,(H3,19,20,21,23). The minimum Gasteiger partial charge on any atom is -0.383 e. The summed E-state index contributed by atoms with van der Waals surface area (Å²) in [5, 5.41) is 4.57. The highest BCUT2D eigenvalue weighted by Gasteiger charge is 2.11. The maximum Gasteiger partial charge on any atom is 0.224 e.